The standard InChI is InChI=1S/C15H20F2O2/c1-10-5-4-8-15(9-10,19-2)14(18)11-6-3-7-12(16)13(11)17/h3,6-7,10,14,18H,4-5,8-9H2,1-2H3. The first-order valence-corrected chi connectivity index (χ1v) is 6.67. The summed E-state index contributed by atoms with van der Waals surface area (Å²) in [6.45, 7) is 2.08. The summed E-state index contributed by atoms with van der Waals surface area (Å²) in [4.78, 5) is 0. The Morgan fingerprint density at radius 3 is 2.79 bits per heavy atom. The van der Waals surface area contributed by atoms with Crippen molar-refractivity contribution in [1.82, 2.24) is 0 Å². The Bertz CT molecular complexity index is 450. The van der Waals surface area contributed by atoms with Crippen molar-refractivity contribution in [2.45, 2.75) is 44.3 Å². The van der Waals surface area contributed by atoms with Gasteiger partial charge in [0.25, 0.3) is 0 Å². The molecule has 0 heterocycles. The molecule has 1 saturated carbocycles. The molecule has 0 amide bonds. The number of hydrogen-bond acceptors (Lipinski definition) is 2. The molecule has 3 unspecified atom stereocenters. The van der Waals surface area contributed by atoms with E-state index in [1.165, 1.54) is 19.2 Å². The third-order valence-electron chi connectivity index (χ3n) is 4.17. The number of aliphatic hydroxyl groups excluding tert-OH is 1. The average Bonchev–Trinajstić information content (AvgIpc) is 2.41. The molecule has 0 saturated heterocycles. The van der Waals surface area contributed by atoms with E-state index >= 15 is 0 Å². The summed E-state index contributed by atoms with van der Waals surface area (Å²) in [6, 6.07) is 3.88. The van der Waals surface area contributed by atoms with Crippen LogP contribution in [0.15, 0.2) is 18.2 Å². The maximum absolute atomic E-state index is 13.8. The van der Waals surface area contributed by atoms with E-state index in [1.807, 2.05) is 0 Å². The summed E-state index contributed by atoms with van der Waals surface area (Å²) in [5.74, 6) is -1.52. The van der Waals surface area contributed by atoms with Gasteiger partial charge in [0.05, 0.1) is 5.60 Å². The minimum atomic E-state index is -1.14. The predicted octanol–water partition coefficient (Wildman–Crippen LogP) is 3.59. The molecule has 0 aromatic heterocycles. The van der Waals surface area contributed by atoms with Crippen LogP contribution in [0.1, 0.15) is 44.3 Å². The highest BCUT2D eigenvalue weighted by molar-refractivity contribution is 5.24. The normalized spacial score (nSPS) is 29.2. The molecule has 0 aliphatic heterocycles. The molecule has 1 fully saturated rings. The zero-order valence-electron chi connectivity index (χ0n) is 11.3. The fourth-order valence-corrected chi connectivity index (χ4v) is 3.10. The van der Waals surface area contributed by atoms with Gasteiger partial charge in [-0.25, -0.2) is 8.78 Å². The lowest BCUT2D eigenvalue weighted by Crippen LogP contribution is -2.43. The Balaban J connectivity index is 2.35. The molecule has 1 N–H and O–H groups in total. The Morgan fingerprint density at radius 1 is 1.42 bits per heavy atom. The van der Waals surface area contributed by atoms with Crippen molar-refractivity contribution in [3.63, 3.8) is 0 Å². The fourth-order valence-electron chi connectivity index (χ4n) is 3.10. The summed E-state index contributed by atoms with van der Waals surface area (Å²) >= 11 is 0. The van der Waals surface area contributed by atoms with Crippen molar-refractivity contribution in [1.29, 1.82) is 0 Å². The van der Waals surface area contributed by atoms with Gasteiger partial charge in [-0.05, 0) is 24.8 Å². The van der Waals surface area contributed by atoms with Gasteiger partial charge in [-0.1, -0.05) is 31.9 Å². The SMILES string of the molecule is COC1(C(O)c2cccc(F)c2F)CCCC(C)C1. The van der Waals surface area contributed by atoms with Crippen LogP contribution in [0.2, 0.25) is 0 Å². The lowest BCUT2D eigenvalue weighted by molar-refractivity contribution is -0.135. The highest BCUT2D eigenvalue weighted by Crippen LogP contribution is 2.43. The van der Waals surface area contributed by atoms with Gasteiger partial charge in [0.2, 0.25) is 0 Å². The second-order valence-electron chi connectivity index (χ2n) is 5.52. The second kappa shape index (κ2) is 5.55. The number of benzene rings is 1. The minimum Gasteiger partial charge on any atom is -0.385 e. The van der Waals surface area contributed by atoms with E-state index in [2.05, 4.69) is 6.92 Å². The van der Waals surface area contributed by atoms with Gasteiger partial charge in [0.1, 0.15) is 6.10 Å². The van der Waals surface area contributed by atoms with Crippen molar-refractivity contribution in [2.75, 3.05) is 7.11 Å². The van der Waals surface area contributed by atoms with Crippen LogP contribution >= 0.6 is 0 Å². The Hall–Kier alpha value is -1.00. The van der Waals surface area contributed by atoms with Gasteiger partial charge < -0.3 is 9.84 Å². The van der Waals surface area contributed by atoms with Crippen LogP contribution in [0.5, 0.6) is 0 Å². The number of methoxy groups -OCH3 is 1. The summed E-state index contributed by atoms with van der Waals surface area (Å²) < 4.78 is 32.6. The number of halogens is 2. The predicted molar refractivity (Wildman–Crippen MR) is 68.7 cm³/mol. The van der Waals surface area contributed by atoms with E-state index < -0.39 is 23.3 Å². The molecule has 19 heavy (non-hydrogen) atoms. The van der Waals surface area contributed by atoms with Crippen molar-refractivity contribution >= 4 is 0 Å². The average molecular weight is 270 g/mol. The molecule has 1 aromatic carbocycles. The third kappa shape index (κ3) is 2.65. The summed E-state index contributed by atoms with van der Waals surface area (Å²) in [5, 5.41) is 10.5. The first kappa shape index (κ1) is 14.4. The summed E-state index contributed by atoms with van der Waals surface area (Å²) in [6.07, 6.45) is 2.16. The van der Waals surface area contributed by atoms with Gasteiger partial charge >= 0.3 is 0 Å². The Kier molecular flexibility index (Phi) is 4.21. The van der Waals surface area contributed by atoms with E-state index in [-0.39, 0.29) is 5.56 Å². The van der Waals surface area contributed by atoms with E-state index in [0.29, 0.717) is 18.8 Å². The lowest BCUT2D eigenvalue weighted by Gasteiger charge is -2.42. The van der Waals surface area contributed by atoms with Gasteiger partial charge in [0, 0.05) is 12.7 Å². The fraction of sp³-hybridized carbons (Fsp3) is 0.600. The van der Waals surface area contributed by atoms with Crippen molar-refractivity contribution in [2.24, 2.45) is 5.92 Å². The van der Waals surface area contributed by atoms with Crippen LogP contribution in [0.25, 0.3) is 0 Å². The van der Waals surface area contributed by atoms with Crippen LogP contribution in [-0.4, -0.2) is 17.8 Å². The molecule has 3 atom stereocenters. The molecule has 0 spiro atoms. The van der Waals surface area contributed by atoms with Gasteiger partial charge in [-0.15, -0.1) is 0 Å². The largest absolute Gasteiger partial charge is 0.385 e. The van der Waals surface area contributed by atoms with Crippen molar-refractivity contribution in [3.05, 3.63) is 35.4 Å². The van der Waals surface area contributed by atoms with Crippen LogP contribution in [0.3, 0.4) is 0 Å². The topological polar surface area (TPSA) is 29.5 Å². The number of aliphatic hydroxyl groups is 1. The zero-order valence-corrected chi connectivity index (χ0v) is 11.3. The maximum atomic E-state index is 13.8. The number of rotatable bonds is 3. The van der Waals surface area contributed by atoms with E-state index in [9.17, 15) is 13.9 Å². The monoisotopic (exact) mass is 270 g/mol. The van der Waals surface area contributed by atoms with Gasteiger partial charge in [-0.2, -0.15) is 0 Å². The molecule has 1 aliphatic carbocycles. The van der Waals surface area contributed by atoms with Gasteiger partial charge in [-0.3, -0.25) is 0 Å². The summed E-state index contributed by atoms with van der Waals surface area (Å²) in [7, 11) is 1.53. The van der Waals surface area contributed by atoms with E-state index in [4.69, 9.17) is 4.74 Å². The molecular formula is C15H20F2O2. The summed E-state index contributed by atoms with van der Waals surface area (Å²) in [5.41, 5.74) is -0.831. The highest BCUT2D eigenvalue weighted by atomic mass is 19.2. The first-order chi connectivity index (χ1) is 9.00. The molecule has 0 radical (unpaired) electrons. The molecule has 4 heteroatoms. The van der Waals surface area contributed by atoms with Gasteiger partial charge in [0.15, 0.2) is 11.6 Å². The Labute approximate surface area is 112 Å². The number of hydrogen-bond donors (Lipinski definition) is 1. The van der Waals surface area contributed by atoms with Crippen LogP contribution < -0.4 is 0 Å². The zero-order chi connectivity index (χ0) is 14.0. The van der Waals surface area contributed by atoms with E-state index in [1.54, 1.807) is 0 Å². The second-order valence-corrected chi connectivity index (χ2v) is 5.52. The van der Waals surface area contributed by atoms with Crippen LogP contribution in [-0.2, 0) is 4.74 Å². The van der Waals surface area contributed by atoms with E-state index in [0.717, 1.165) is 18.9 Å². The lowest BCUT2D eigenvalue weighted by atomic mass is 9.74. The first-order valence-electron chi connectivity index (χ1n) is 6.67. The smallest absolute Gasteiger partial charge is 0.164 e. The third-order valence-corrected chi connectivity index (χ3v) is 4.17. The quantitative estimate of drug-likeness (QED) is 0.909. The molecule has 0 bridgehead atoms. The molecule has 1 aromatic rings. The van der Waals surface area contributed by atoms with Crippen LogP contribution in [0.4, 0.5) is 8.78 Å². The molecule has 2 nitrogen and oxygen atoms in total. The van der Waals surface area contributed by atoms with Crippen molar-refractivity contribution in [3.8, 4) is 0 Å². The number of ether oxygens (including phenoxy) is 1. The molecule has 1 aliphatic rings. The molecule has 106 valence electrons. The van der Waals surface area contributed by atoms with Crippen molar-refractivity contribution < 1.29 is 18.6 Å². The maximum Gasteiger partial charge on any atom is 0.164 e. The van der Waals surface area contributed by atoms with Crippen LogP contribution in [0, 0.1) is 17.6 Å². The Morgan fingerprint density at radius 2 is 2.16 bits per heavy atom. The highest BCUT2D eigenvalue weighted by Gasteiger charge is 2.43. The molecular weight excluding hydrogens is 250 g/mol. The minimum absolute atomic E-state index is 0.0176. The molecule has 2 rings (SSSR count).